The Morgan fingerprint density at radius 3 is 2.79 bits per heavy atom. The molecule has 5 heteroatoms. The number of nitrogens with zero attached hydrogens (tertiary/aromatic N) is 4. The third-order valence-electron chi connectivity index (χ3n) is 3.24. The molecule has 5 nitrogen and oxygen atoms in total. The first-order valence-corrected chi connectivity index (χ1v) is 6.76. The minimum atomic E-state index is 0.779. The van der Waals surface area contributed by atoms with Gasteiger partial charge in [-0.05, 0) is 45.3 Å². The van der Waals surface area contributed by atoms with Gasteiger partial charge in [0.2, 0.25) is 0 Å². The molecule has 0 saturated heterocycles. The van der Waals surface area contributed by atoms with Gasteiger partial charge in [-0.3, -0.25) is 4.98 Å². The zero-order valence-electron chi connectivity index (χ0n) is 11.8. The summed E-state index contributed by atoms with van der Waals surface area (Å²) in [5.41, 5.74) is 3.57. The number of hydrogen-bond donors (Lipinski definition) is 1. The van der Waals surface area contributed by atoms with Crippen LogP contribution in [0.4, 0.5) is 0 Å². The predicted molar refractivity (Wildman–Crippen MR) is 75.5 cm³/mol. The van der Waals surface area contributed by atoms with Crippen molar-refractivity contribution in [1.82, 2.24) is 25.1 Å². The van der Waals surface area contributed by atoms with E-state index >= 15 is 0 Å². The second kappa shape index (κ2) is 6.43. The monoisotopic (exact) mass is 259 g/mol. The van der Waals surface area contributed by atoms with Crippen LogP contribution in [0.2, 0.25) is 0 Å². The summed E-state index contributed by atoms with van der Waals surface area (Å²) in [5, 5.41) is 7.92. The lowest BCUT2D eigenvalue weighted by Gasteiger charge is -2.04. The molecule has 0 fully saturated rings. The van der Waals surface area contributed by atoms with E-state index in [0.717, 1.165) is 43.1 Å². The van der Waals surface area contributed by atoms with Crippen molar-refractivity contribution in [3.8, 4) is 5.82 Å². The number of aryl methyl sites for hydroxylation is 1. The van der Waals surface area contributed by atoms with Crippen molar-refractivity contribution in [2.24, 2.45) is 0 Å². The van der Waals surface area contributed by atoms with Crippen LogP contribution in [0.15, 0.2) is 18.6 Å². The van der Waals surface area contributed by atoms with Crippen molar-refractivity contribution in [3.63, 3.8) is 0 Å². The third kappa shape index (κ3) is 3.17. The molecule has 19 heavy (non-hydrogen) atoms. The summed E-state index contributed by atoms with van der Waals surface area (Å²) in [6.07, 6.45) is 7.28. The van der Waals surface area contributed by atoms with Gasteiger partial charge in [-0.25, -0.2) is 9.67 Å². The van der Waals surface area contributed by atoms with E-state index in [2.05, 4.69) is 41.2 Å². The van der Waals surface area contributed by atoms with Crippen LogP contribution in [0.1, 0.15) is 30.3 Å². The summed E-state index contributed by atoms with van der Waals surface area (Å²) in [4.78, 5) is 8.39. The van der Waals surface area contributed by atoms with Crippen LogP contribution in [-0.2, 0) is 6.42 Å². The second-order valence-electron chi connectivity index (χ2n) is 4.58. The van der Waals surface area contributed by atoms with E-state index in [4.69, 9.17) is 0 Å². The van der Waals surface area contributed by atoms with Gasteiger partial charge in [0, 0.05) is 18.1 Å². The molecular formula is C14H21N5. The molecule has 0 bridgehead atoms. The van der Waals surface area contributed by atoms with Crippen molar-refractivity contribution in [3.05, 3.63) is 35.5 Å². The van der Waals surface area contributed by atoms with E-state index in [-0.39, 0.29) is 0 Å². The molecule has 0 atom stereocenters. The lowest BCUT2D eigenvalue weighted by Crippen LogP contribution is -2.14. The molecule has 2 heterocycles. The first kappa shape index (κ1) is 13.7. The number of nitrogens with one attached hydrogen (secondary N) is 1. The normalized spacial score (nSPS) is 10.9. The van der Waals surface area contributed by atoms with E-state index in [9.17, 15) is 0 Å². The summed E-state index contributed by atoms with van der Waals surface area (Å²) in [5.74, 6) is 0.779. The highest BCUT2D eigenvalue weighted by molar-refractivity contribution is 5.31. The molecule has 1 N–H and O–H groups in total. The van der Waals surface area contributed by atoms with Crippen LogP contribution >= 0.6 is 0 Å². The summed E-state index contributed by atoms with van der Waals surface area (Å²) in [6.45, 7) is 8.35. The van der Waals surface area contributed by atoms with Crippen molar-refractivity contribution in [2.75, 3.05) is 13.1 Å². The summed E-state index contributed by atoms with van der Waals surface area (Å²) in [6, 6.07) is 0. The zero-order valence-corrected chi connectivity index (χ0v) is 11.8. The quantitative estimate of drug-likeness (QED) is 0.804. The van der Waals surface area contributed by atoms with E-state index < -0.39 is 0 Å². The topological polar surface area (TPSA) is 55.6 Å². The zero-order chi connectivity index (χ0) is 13.7. The minimum absolute atomic E-state index is 0.779. The highest BCUT2D eigenvalue weighted by Gasteiger charge is 2.12. The van der Waals surface area contributed by atoms with E-state index in [1.54, 1.807) is 18.6 Å². The maximum atomic E-state index is 4.57. The van der Waals surface area contributed by atoms with Gasteiger partial charge in [0.15, 0.2) is 5.82 Å². The van der Waals surface area contributed by atoms with Crippen molar-refractivity contribution in [1.29, 1.82) is 0 Å². The van der Waals surface area contributed by atoms with Crippen molar-refractivity contribution in [2.45, 2.75) is 33.6 Å². The summed E-state index contributed by atoms with van der Waals surface area (Å²) >= 11 is 0. The molecule has 0 spiro atoms. The average molecular weight is 259 g/mol. The van der Waals surface area contributed by atoms with Gasteiger partial charge in [-0.15, -0.1) is 0 Å². The summed E-state index contributed by atoms with van der Waals surface area (Å²) < 4.78 is 1.88. The van der Waals surface area contributed by atoms with Gasteiger partial charge in [0.05, 0.1) is 11.9 Å². The van der Waals surface area contributed by atoms with Gasteiger partial charge < -0.3 is 5.32 Å². The van der Waals surface area contributed by atoms with Crippen LogP contribution in [0.5, 0.6) is 0 Å². The Morgan fingerprint density at radius 1 is 1.26 bits per heavy atom. The van der Waals surface area contributed by atoms with Gasteiger partial charge in [-0.2, -0.15) is 5.10 Å². The average Bonchev–Trinajstić information content (AvgIpc) is 2.72. The predicted octanol–water partition coefficient (Wildman–Crippen LogP) is 1.82. The van der Waals surface area contributed by atoms with Crippen molar-refractivity contribution >= 4 is 0 Å². The second-order valence-corrected chi connectivity index (χ2v) is 4.58. The molecule has 0 amide bonds. The molecule has 0 aliphatic carbocycles. The van der Waals surface area contributed by atoms with Crippen molar-refractivity contribution < 1.29 is 0 Å². The molecule has 2 aromatic rings. The number of hydrogen-bond acceptors (Lipinski definition) is 4. The number of aromatic nitrogens is 4. The Kier molecular flexibility index (Phi) is 4.63. The number of rotatable bonds is 6. The molecule has 0 radical (unpaired) electrons. The first-order chi connectivity index (χ1) is 9.24. The summed E-state index contributed by atoms with van der Waals surface area (Å²) in [7, 11) is 0. The highest BCUT2D eigenvalue weighted by atomic mass is 15.3. The third-order valence-corrected chi connectivity index (χ3v) is 3.24. The Balaban J connectivity index is 2.16. The smallest absolute Gasteiger partial charge is 0.172 e. The van der Waals surface area contributed by atoms with Gasteiger partial charge in [0.1, 0.15) is 0 Å². The maximum absolute atomic E-state index is 4.57. The molecule has 0 aliphatic heterocycles. The van der Waals surface area contributed by atoms with Crippen LogP contribution in [0, 0.1) is 13.8 Å². The fraction of sp³-hybridized carbons (Fsp3) is 0.500. The Labute approximate surface area is 114 Å². The molecule has 2 aromatic heterocycles. The standard InChI is InChI=1S/C14H21N5/c1-4-15-7-5-6-13-11(2)18-19(12(13)3)14-10-16-8-9-17-14/h8-10,15H,4-7H2,1-3H3. The fourth-order valence-corrected chi connectivity index (χ4v) is 2.23. The molecule has 0 saturated carbocycles. The van der Waals surface area contributed by atoms with E-state index in [0.29, 0.717) is 0 Å². The first-order valence-electron chi connectivity index (χ1n) is 6.76. The van der Waals surface area contributed by atoms with Gasteiger partial charge in [0.25, 0.3) is 0 Å². The maximum Gasteiger partial charge on any atom is 0.172 e. The molecular weight excluding hydrogens is 238 g/mol. The molecule has 0 aromatic carbocycles. The van der Waals surface area contributed by atoms with Crippen LogP contribution < -0.4 is 5.32 Å². The molecule has 2 rings (SSSR count). The lowest BCUT2D eigenvalue weighted by atomic mass is 10.1. The van der Waals surface area contributed by atoms with E-state index in [1.807, 2.05) is 4.68 Å². The van der Waals surface area contributed by atoms with Gasteiger partial charge in [-0.1, -0.05) is 6.92 Å². The highest BCUT2D eigenvalue weighted by Crippen LogP contribution is 2.17. The minimum Gasteiger partial charge on any atom is -0.317 e. The van der Waals surface area contributed by atoms with Crippen LogP contribution in [-0.4, -0.2) is 32.8 Å². The Morgan fingerprint density at radius 2 is 2.11 bits per heavy atom. The largest absolute Gasteiger partial charge is 0.317 e. The van der Waals surface area contributed by atoms with Gasteiger partial charge >= 0.3 is 0 Å². The van der Waals surface area contributed by atoms with Crippen LogP contribution in [0.3, 0.4) is 0 Å². The molecule has 102 valence electrons. The Hall–Kier alpha value is -1.75. The molecule has 0 aliphatic rings. The Bertz CT molecular complexity index is 518. The van der Waals surface area contributed by atoms with E-state index in [1.165, 1.54) is 5.56 Å². The fourth-order valence-electron chi connectivity index (χ4n) is 2.23. The molecule has 0 unspecified atom stereocenters. The van der Waals surface area contributed by atoms with Crippen LogP contribution in [0.25, 0.3) is 5.82 Å². The lowest BCUT2D eigenvalue weighted by molar-refractivity contribution is 0.670. The SMILES string of the molecule is CCNCCCc1c(C)nn(-c2cnccn2)c1C.